The Kier molecular flexibility index (Phi) is 10.7. The van der Waals surface area contributed by atoms with Gasteiger partial charge in [0.15, 0.2) is 0 Å². The SMILES string of the molecule is Cl.N[C@@H](CCCCNCC(=O)O)C(=O)O. The topological polar surface area (TPSA) is 113 Å². The number of nitrogens with two attached hydrogens (primary N) is 1. The monoisotopic (exact) mass is 240 g/mol. The summed E-state index contributed by atoms with van der Waals surface area (Å²) in [6.45, 7) is 0.504. The minimum atomic E-state index is -0.997. The third-order valence-electron chi connectivity index (χ3n) is 1.71. The second-order valence-electron chi connectivity index (χ2n) is 3.01. The van der Waals surface area contributed by atoms with Crippen molar-refractivity contribution in [2.24, 2.45) is 5.73 Å². The van der Waals surface area contributed by atoms with Gasteiger partial charge < -0.3 is 21.3 Å². The normalized spacial score (nSPS) is 11.5. The van der Waals surface area contributed by atoms with Gasteiger partial charge in [0.1, 0.15) is 6.04 Å². The molecule has 0 fully saturated rings. The van der Waals surface area contributed by atoms with Gasteiger partial charge in [-0.1, -0.05) is 6.42 Å². The maximum atomic E-state index is 10.3. The number of carbonyl (C=O) groups is 2. The Balaban J connectivity index is 0. The van der Waals surface area contributed by atoms with Gasteiger partial charge in [-0.3, -0.25) is 9.59 Å². The first-order valence-corrected chi connectivity index (χ1v) is 4.45. The molecule has 0 saturated carbocycles. The van der Waals surface area contributed by atoms with E-state index in [1.807, 2.05) is 0 Å². The smallest absolute Gasteiger partial charge is 0.320 e. The van der Waals surface area contributed by atoms with Crippen LogP contribution in [0.15, 0.2) is 0 Å². The average Bonchev–Trinajstić information content (AvgIpc) is 2.09. The van der Waals surface area contributed by atoms with Gasteiger partial charge in [-0.2, -0.15) is 0 Å². The molecule has 0 bridgehead atoms. The fraction of sp³-hybridized carbons (Fsp3) is 0.750. The van der Waals surface area contributed by atoms with Crippen LogP contribution >= 0.6 is 12.4 Å². The van der Waals surface area contributed by atoms with Gasteiger partial charge in [-0.15, -0.1) is 12.4 Å². The lowest BCUT2D eigenvalue weighted by Crippen LogP contribution is -2.30. The number of carboxylic acids is 2. The molecule has 0 radical (unpaired) electrons. The summed E-state index contributed by atoms with van der Waals surface area (Å²) in [5.74, 6) is -1.89. The van der Waals surface area contributed by atoms with Crippen LogP contribution in [0.4, 0.5) is 0 Å². The van der Waals surface area contributed by atoms with E-state index in [2.05, 4.69) is 5.32 Å². The van der Waals surface area contributed by atoms with Gasteiger partial charge in [-0.05, 0) is 19.4 Å². The van der Waals surface area contributed by atoms with E-state index in [0.717, 1.165) is 6.42 Å². The van der Waals surface area contributed by atoms with Crippen LogP contribution in [0.2, 0.25) is 0 Å². The molecule has 0 aromatic carbocycles. The zero-order valence-corrected chi connectivity index (χ0v) is 9.13. The van der Waals surface area contributed by atoms with Crippen molar-refractivity contribution in [3.05, 3.63) is 0 Å². The quantitative estimate of drug-likeness (QED) is 0.432. The molecular weight excluding hydrogens is 224 g/mol. The number of nitrogens with one attached hydrogen (secondary N) is 1. The third kappa shape index (κ3) is 11.1. The molecule has 0 amide bonds. The molecule has 6 nitrogen and oxygen atoms in total. The predicted molar refractivity (Wildman–Crippen MR) is 57.2 cm³/mol. The second kappa shape index (κ2) is 9.70. The molecule has 0 spiro atoms. The Morgan fingerprint density at radius 2 is 1.87 bits per heavy atom. The van der Waals surface area contributed by atoms with Crippen LogP contribution in [-0.2, 0) is 9.59 Å². The lowest BCUT2D eigenvalue weighted by Gasteiger charge is -2.05. The van der Waals surface area contributed by atoms with Gasteiger partial charge in [0.2, 0.25) is 0 Å². The lowest BCUT2D eigenvalue weighted by atomic mass is 10.1. The van der Waals surface area contributed by atoms with Crippen LogP contribution in [-0.4, -0.2) is 41.3 Å². The van der Waals surface area contributed by atoms with E-state index >= 15 is 0 Å². The third-order valence-corrected chi connectivity index (χ3v) is 1.71. The molecule has 1 atom stereocenters. The standard InChI is InChI=1S/C8H16N2O4.ClH/c9-6(8(13)14)3-1-2-4-10-5-7(11)12;/h6,10H,1-5,9H2,(H,11,12)(H,13,14);1H/t6-;/m0./s1. The predicted octanol–water partition coefficient (Wildman–Crippen LogP) is -0.335. The Bertz CT molecular complexity index is 201. The van der Waals surface area contributed by atoms with Crippen molar-refractivity contribution in [3.63, 3.8) is 0 Å². The average molecular weight is 241 g/mol. The summed E-state index contributed by atoms with van der Waals surface area (Å²) < 4.78 is 0. The number of hydrogen-bond donors (Lipinski definition) is 4. The molecule has 15 heavy (non-hydrogen) atoms. The number of unbranched alkanes of at least 4 members (excludes halogenated alkanes) is 1. The van der Waals surface area contributed by atoms with E-state index in [4.69, 9.17) is 15.9 Å². The zero-order valence-electron chi connectivity index (χ0n) is 8.31. The van der Waals surface area contributed by atoms with Crippen molar-refractivity contribution in [2.75, 3.05) is 13.1 Å². The number of aliphatic carboxylic acids is 2. The molecule has 0 rings (SSSR count). The van der Waals surface area contributed by atoms with E-state index in [0.29, 0.717) is 19.4 Å². The van der Waals surface area contributed by atoms with E-state index in [1.165, 1.54) is 0 Å². The molecular formula is C8H17ClN2O4. The largest absolute Gasteiger partial charge is 0.480 e. The lowest BCUT2D eigenvalue weighted by molar-refractivity contribution is -0.138. The van der Waals surface area contributed by atoms with E-state index in [-0.39, 0.29) is 19.0 Å². The summed E-state index contributed by atoms with van der Waals surface area (Å²) in [6.07, 6.45) is 1.83. The van der Waals surface area contributed by atoms with Crippen molar-refractivity contribution >= 4 is 24.3 Å². The molecule has 0 aliphatic carbocycles. The number of halogens is 1. The summed E-state index contributed by atoms with van der Waals surface area (Å²) in [6, 6.07) is -0.811. The Hall–Kier alpha value is -0.850. The van der Waals surface area contributed by atoms with Gasteiger partial charge in [-0.25, -0.2) is 0 Å². The van der Waals surface area contributed by atoms with Crippen LogP contribution in [0.5, 0.6) is 0 Å². The molecule has 5 N–H and O–H groups in total. The molecule has 90 valence electrons. The minimum Gasteiger partial charge on any atom is -0.480 e. The summed E-state index contributed by atoms with van der Waals surface area (Å²) in [4.78, 5) is 20.4. The molecule has 0 aliphatic rings. The summed E-state index contributed by atoms with van der Waals surface area (Å²) in [5.41, 5.74) is 5.27. The highest BCUT2D eigenvalue weighted by molar-refractivity contribution is 5.85. The molecule has 0 heterocycles. The molecule has 0 aromatic heterocycles. The molecule has 0 aromatic rings. The van der Waals surface area contributed by atoms with Crippen molar-refractivity contribution in [1.29, 1.82) is 0 Å². The van der Waals surface area contributed by atoms with Crippen LogP contribution in [0, 0.1) is 0 Å². The maximum absolute atomic E-state index is 10.3. The van der Waals surface area contributed by atoms with E-state index in [1.54, 1.807) is 0 Å². The minimum absolute atomic E-state index is 0. The Labute approximate surface area is 94.2 Å². The van der Waals surface area contributed by atoms with Gasteiger partial charge in [0.05, 0.1) is 6.54 Å². The van der Waals surface area contributed by atoms with Crippen LogP contribution in [0.25, 0.3) is 0 Å². The summed E-state index contributed by atoms with van der Waals surface area (Å²) in [7, 11) is 0. The fourth-order valence-corrected chi connectivity index (χ4v) is 0.933. The summed E-state index contributed by atoms with van der Waals surface area (Å²) in [5, 5.41) is 19.4. The fourth-order valence-electron chi connectivity index (χ4n) is 0.933. The van der Waals surface area contributed by atoms with Gasteiger partial charge in [0.25, 0.3) is 0 Å². The van der Waals surface area contributed by atoms with E-state index in [9.17, 15) is 9.59 Å². The highest BCUT2D eigenvalue weighted by atomic mass is 35.5. The van der Waals surface area contributed by atoms with Crippen LogP contribution in [0.1, 0.15) is 19.3 Å². The highest BCUT2D eigenvalue weighted by Crippen LogP contribution is 1.97. The molecule has 0 aliphatic heterocycles. The molecule has 0 saturated heterocycles. The molecule has 0 unspecified atom stereocenters. The van der Waals surface area contributed by atoms with Crippen molar-refractivity contribution in [2.45, 2.75) is 25.3 Å². The van der Waals surface area contributed by atoms with E-state index < -0.39 is 18.0 Å². The Morgan fingerprint density at radius 3 is 2.33 bits per heavy atom. The number of carboxylic acid groups (broad SMARTS) is 2. The van der Waals surface area contributed by atoms with Gasteiger partial charge >= 0.3 is 11.9 Å². The van der Waals surface area contributed by atoms with Gasteiger partial charge in [0, 0.05) is 0 Å². The number of rotatable bonds is 8. The highest BCUT2D eigenvalue weighted by Gasteiger charge is 2.09. The molecule has 7 heteroatoms. The van der Waals surface area contributed by atoms with Crippen LogP contribution < -0.4 is 11.1 Å². The van der Waals surface area contributed by atoms with Crippen molar-refractivity contribution in [1.82, 2.24) is 5.32 Å². The Morgan fingerprint density at radius 1 is 1.27 bits per heavy atom. The maximum Gasteiger partial charge on any atom is 0.320 e. The van der Waals surface area contributed by atoms with Crippen molar-refractivity contribution in [3.8, 4) is 0 Å². The van der Waals surface area contributed by atoms with Crippen LogP contribution in [0.3, 0.4) is 0 Å². The first-order valence-electron chi connectivity index (χ1n) is 4.45. The first-order chi connectivity index (χ1) is 6.54. The van der Waals surface area contributed by atoms with Crippen molar-refractivity contribution < 1.29 is 19.8 Å². The summed E-state index contributed by atoms with van der Waals surface area (Å²) >= 11 is 0. The zero-order chi connectivity index (χ0) is 11.0. The second-order valence-corrected chi connectivity index (χ2v) is 3.01. The number of hydrogen-bond acceptors (Lipinski definition) is 4. The first kappa shape index (κ1) is 16.6.